The third kappa shape index (κ3) is 16.2. The van der Waals surface area contributed by atoms with Crippen molar-refractivity contribution >= 4 is 13.5 Å². The molecule has 10 heteroatoms. The zero-order valence-corrected chi connectivity index (χ0v) is 22.5. The number of phosphoric acid groups is 1. The molecule has 0 saturated carbocycles. The van der Waals surface area contributed by atoms with Crippen molar-refractivity contribution in [2.75, 3.05) is 6.61 Å². The van der Waals surface area contributed by atoms with Gasteiger partial charge >= 0.3 is 37.4 Å². The number of hydrogen-bond acceptors (Lipinski definition) is 7. The van der Waals surface area contributed by atoms with E-state index in [1.807, 2.05) is 0 Å². The summed E-state index contributed by atoms with van der Waals surface area (Å²) in [7, 11) is -4.66. The molecule has 0 saturated heterocycles. The van der Waals surface area contributed by atoms with E-state index in [1.54, 1.807) is 0 Å². The summed E-state index contributed by atoms with van der Waals surface area (Å²) in [6, 6.07) is 4.62. The van der Waals surface area contributed by atoms with Crippen LogP contribution in [0.3, 0.4) is 0 Å². The number of non-ortho nitro benzene ring substituents is 1. The first-order valence-electron chi connectivity index (χ1n) is 11.4. The van der Waals surface area contributed by atoms with Crippen molar-refractivity contribution in [3.05, 3.63) is 34.4 Å². The molecule has 1 rings (SSSR count). The van der Waals surface area contributed by atoms with Gasteiger partial charge in [-0.25, -0.2) is 0 Å². The third-order valence-corrected chi connectivity index (χ3v) is 5.98. The molecule has 178 valence electrons. The van der Waals surface area contributed by atoms with Crippen molar-refractivity contribution in [3.63, 3.8) is 0 Å². The molecule has 1 aromatic carbocycles. The number of benzene rings is 1. The van der Waals surface area contributed by atoms with Crippen molar-refractivity contribution in [1.82, 2.24) is 0 Å². The minimum absolute atomic E-state index is 0. The number of nitro groups is 1. The van der Waals surface area contributed by atoms with E-state index >= 15 is 0 Å². The van der Waals surface area contributed by atoms with Crippen molar-refractivity contribution < 1.29 is 58.1 Å². The summed E-state index contributed by atoms with van der Waals surface area (Å²) >= 11 is 0. The molecule has 0 fully saturated rings. The van der Waals surface area contributed by atoms with Crippen molar-refractivity contribution in [2.45, 2.75) is 96.5 Å². The Morgan fingerprint density at radius 2 is 1.41 bits per heavy atom. The summed E-state index contributed by atoms with van der Waals surface area (Å²) < 4.78 is 21.3. The molecule has 0 amide bonds. The van der Waals surface area contributed by atoms with Gasteiger partial charge in [0.2, 0.25) is 0 Å². The normalized spacial score (nSPS) is 13.7. The van der Waals surface area contributed by atoms with Gasteiger partial charge in [0.05, 0.1) is 17.6 Å². The zero-order valence-electron chi connectivity index (χ0n) is 19.6. The average Bonchev–Trinajstić information content (AvgIpc) is 2.73. The second-order valence-corrected chi connectivity index (χ2v) is 9.25. The monoisotopic (exact) mass is 481 g/mol. The molecule has 0 aromatic heterocycles. The molecule has 0 aliphatic heterocycles. The van der Waals surface area contributed by atoms with Gasteiger partial charge in [0.15, 0.2) is 0 Å². The molecular formula is C22H37NNaO7P. The number of nitrogens with zero attached hydrogens (tertiary/aromatic N) is 1. The third-order valence-electron chi connectivity index (χ3n) is 5.08. The fourth-order valence-corrected chi connectivity index (χ4v) is 4.05. The van der Waals surface area contributed by atoms with Gasteiger partial charge < -0.3 is 19.0 Å². The van der Waals surface area contributed by atoms with Gasteiger partial charge in [0.1, 0.15) is 5.75 Å². The minimum atomic E-state index is -4.66. The van der Waals surface area contributed by atoms with Crippen LogP contribution in [-0.4, -0.2) is 22.7 Å². The van der Waals surface area contributed by atoms with Crippen LogP contribution in [0.4, 0.5) is 5.69 Å². The Bertz CT molecular complexity index is 660. The van der Waals surface area contributed by atoms with Crippen LogP contribution in [0.2, 0.25) is 0 Å². The first kappa shape index (κ1) is 31.5. The fraction of sp³-hybridized carbons (Fsp3) is 0.727. The molecule has 2 atom stereocenters. The van der Waals surface area contributed by atoms with Crippen LogP contribution in [0.1, 0.15) is 90.4 Å². The molecule has 0 aliphatic rings. The molecule has 1 N–H and O–H groups in total. The number of aliphatic hydroxyl groups excluding tert-OH is 1. The van der Waals surface area contributed by atoms with Gasteiger partial charge in [-0.2, -0.15) is 0 Å². The van der Waals surface area contributed by atoms with Crippen LogP contribution in [0.15, 0.2) is 24.3 Å². The largest absolute Gasteiger partial charge is 1.00 e. The molecule has 32 heavy (non-hydrogen) atoms. The molecular weight excluding hydrogens is 444 g/mol. The predicted molar refractivity (Wildman–Crippen MR) is 119 cm³/mol. The van der Waals surface area contributed by atoms with Gasteiger partial charge in [0.25, 0.3) is 5.69 Å². The number of unbranched alkanes of at least 4 members (excludes halogenated alkanes) is 11. The molecule has 0 spiro atoms. The summed E-state index contributed by atoms with van der Waals surface area (Å²) in [4.78, 5) is 21.8. The van der Waals surface area contributed by atoms with E-state index < -0.39 is 18.8 Å². The van der Waals surface area contributed by atoms with Crippen LogP contribution in [0, 0.1) is 10.1 Å². The number of rotatable bonds is 19. The van der Waals surface area contributed by atoms with Crippen LogP contribution >= 0.6 is 7.82 Å². The minimum Gasteiger partial charge on any atom is -0.746 e. The molecule has 0 radical (unpaired) electrons. The van der Waals surface area contributed by atoms with Gasteiger partial charge in [-0.05, 0) is 18.6 Å². The first-order valence-corrected chi connectivity index (χ1v) is 12.9. The number of nitro benzene ring substituents is 1. The number of hydrogen-bond donors (Lipinski definition) is 1. The topological polar surface area (TPSA) is 122 Å². The van der Waals surface area contributed by atoms with Crippen LogP contribution in [0.25, 0.3) is 0 Å². The first-order chi connectivity index (χ1) is 14.8. The van der Waals surface area contributed by atoms with Gasteiger partial charge in [-0.1, -0.05) is 84.0 Å². The molecule has 2 unspecified atom stereocenters. The SMILES string of the molecule is CCCCCCCCCCCCCCC(O)COP(=O)([O-])Oc1ccc([N+](=O)[O-])cc1.[Na+]. The van der Waals surface area contributed by atoms with Crippen molar-refractivity contribution in [2.24, 2.45) is 0 Å². The van der Waals surface area contributed by atoms with E-state index in [-0.39, 0.29) is 47.6 Å². The fourth-order valence-electron chi connectivity index (χ4n) is 3.27. The van der Waals surface area contributed by atoms with E-state index in [0.29, 0.717) is 6.42 Å². The maximum atomic E-state index is 11.8. The molecule has 1 aromatic rings. The summed E-state index contributed by atoms with van der Waals surface area (Å²) in [5.41, 5.74) is -0.174. The smallest absolute Gasteiger partial charge is 0.746 e. The molecule has 0 aliphatic carbocycles. The van der Waals surface area contributed by atoms with E-state index in [0.717, 1.165) is 31.4 Å². The van der Waals surface area contributed by atoms with E-state index in [4.69, 9.17) is 9.05 Å². The van der Waals surface area contributed by atoms with Crippen LogP contribution in [-0.2, 0) is 9.09 Å². The quantitative estimate of drug-likeness (QED) is 0.106. The van der Waals surface area contributed by atoms with Gasteiger partial charge in [0, 0.05) is 12.1 Å². The Balaban J connectivity index is 0.00000961. The van der Waals surface area contributed by atoms with Gasteiger partial charge in [-0.15, -0.1) is 0 Å². The van der Waals surface area contributed by atoms with Crippen molar-refractivity contribution in [3.8, 4) is 5.75 Å². The standard InChI is InChI=1S/C22H38NO7P.Na/c1-2-3-4-5-6-7-8-9-10-11-12-13-14-21(24)19-29-31(27,28)30-22-17-15-20(16-18-22)23(25)26;/h15-18,21,24H,2-14,19H2,1H3,(H,27,28);/q;+1/p-1. The summed E-state index contributed by atoms with van der Waals surface area (Å²) in [5.74, 6) is -0.0839. The van der Waals surface area contributed by atoms with Gasteiger partial charge in [-0.3, -0.25) is 14.7 Å². The Labute approximate surface area is 214 Å². The average molecular weight is 482 g/mol. The zero-order chi connectivity index (χ0) is 23.0. The second-order valence-electron chi connectivity index (χ2n) is 7.92. The van der Waals surface area contributed by atoms with E-state index in [1.165, 1.54) is 69.9 Å². The molecule has 0 bridgehead atoms. The Morgan fingerprint density at radius 1 is 0.938 bits per heavy atom. The Morgan fingerprint density at radius 3 is 1.88 bits per heavy atom. The second kappa shape index (κ2) is 18.9. The summed E-state index contributed by atoms with van der Waals surface area (Å²) in [6.45, 7) is 1.86. The van der Waals surface area contributed by atoms with Crippen LogP contribution in [0.5, 0.6) is 5.75 Å². The molecule has 0 heterocycles. The summed E-state index contributed by atoms with van der Waals surface area (Å²) in [6.07, 6.45) is 14.2. The Hall–Kier alpha value is -0.470. The predicted octanol–water partition coefficient (Wildman–Crippen LogP) is 2.91. The van der Waals surface area contributed by atoms with E-state index in [9.17, 15) is 24.7 Å². The van der Waals surface area contributed by atoms with Crippen molar-refractivity contribution in [1.29, 1.82) is 0 Å². The maximum Gasteiger partial charge on any atom is 1.00 e. The Kier molecular flexibility index (Phi) is 18.6. The molecule has 8 nitrogen and oxygen atoms in total. The maximum absolute atomic E-state index is 11.8. The number of aliphatic hydroxyl groups is 1. The van der Waals surface area contributed by atoms with E-state index in [2.05, 4.69) is 6.92 Å². The van der Waals surface area contributed by atoms with Crippen LogP contribution < -0.4 is 39.0 Å². The number of phosphoric ester groups is 1. The summed E-state index contributed by atoms with van der Waals surface area (Å²) in [5, 5.41) is 20.5.